The molecule has 1 unspecified atom stereocenters. The molecule has 1 aliphatic heterocycles. The van der Waals surface area contributed by atoms with Crippen molar-refractivity contribution >= 4 is 11.9 Å². The fourth-order valence-corrected chi connectivity index (χ4v) is 2.19. The molecule has 1 N–H and O–H groups in total. The third kappa shape index (κ3) is 4.70. The summed E-state index contributed by atoms with van der Waals surface area (Å²) in [5.41, 5.74) is 0. The largest absolute Gasteiger partial charge is 0.458 e. The lowest BCUT2D eigenvalue weighted by Crippen LogP contribution is -2.24. The SMILES string of the molecule is CCNc1nc(OC(C)COCC)nc(N2CCCC2)n1. The van der Waals surface area contributed by atoms with Crippen molar-refractivity contribution in [2.75, 3.05) is 43.1 Å². The molecular formula is C14H25N5O2. The molecule has 0 bridgehead atoms. The van der Waals surface area contributed by atoms with Crippen LogP contribution in [0.2, 0.25) is 0 Å². The topological polar surface area (TPSA) is 72.4 Å². The molecule has 2 rings (SSSR count). The molecule has 0 spiro atoms. The van der Waals surface area contributed by atoms with E-state index in [4.69, 9.17) is 9.47 Å². The van der Waals surface area contributed by atoms with Crippen LogP contribution in [0.15, 0.2) is 0 Å². The standard InChI is InChI=1S/C14H25N5O2/c1-4-15-12-16-13(19-8-6-7-9-19)18-14(17-12)21-11(3)10-20-5-2/h11H,4-10H2,1-3H3,(H,15,16,17,18). The molecular weight excluding hydrogens is 270 g/mol. The summed E-state index contributed by atoms with van der Waals surface area (Å²) in [5.74, 6) is 1.25. The first kappa shape index (κ1) is 15.8. The van der Waals surface area contributed by atoms with E-state index in [9.17, 15) is 0 Å². The van der Waals surface area contributed by atoms with Gasteiger partial charge in [0.25, 0.3) is 0 Å². The van der Waals surface area contributed by atoms with Crippen molar-refractivity contribution in [1.82, 2.24) is 15.0 Å². The Kier molecular flexibility index (Phi) is 5.98. The Morgan fingerprint density at radius 1 is 1.19 bits per heavy atom. The van der Waals surface area contributed by atoms with Crippen LogP contribution in [-0.4, -0.2) is 53.9 Å². The van der Waals surface area contributed by atoms with E-state index in [-0.39, 0.29) is 6.10 Å². The Balaban J connectivity index is 2.10. The van der Waals surface area contributed by atoms with Crippen molar-refractivity contribution < 1.29 is 9.47 Å². The number of rotatable bonds is 8. The van der Waals surface area contributed by atoms with Crippen LogP contribution in [0, 0.1) is 0 Å². The molecule has 2 heterocycles. The number of aromatic nitrogens is 3. The zero-order valence-corrected chi connectivity index (χ0v) is 13.1. The predicted molar refractivity (Wildman–Crippen MR) is 82.0 cm³/mol. The smallest absolute Gasteiger partial charge is 0.323 e. The molecule has 118 valence electrons. The highest BCUT2D eigenvalue weighted by atomic mass is 16.5. The average molecular weight is 295 g/mol. The quantitative estimate of drug-likeness (QED) is 0.782. The lowest BCUT2D eigenvalue weighted by atomic mass is 10.4. The summed E-state index contributed by atoms with van der Waals surface area (Å²) in [6.45, 7) is 9.86. The van der Waals surface area contributed by atoms with Crippen molar-refractivity contribution in [2.24, 2.45) is 0 Å². The Bertz CT molecular complexity index is 437. The van der Waals surface area contributed by atoms with Gasteiger partial charge in [0.2, 0.25) is 11.9 Å². The van der Waals surface area contributed by atoms with Gasteiger partial charge in [-0.3, -0.25) is 0 Å². The monoisotopic (exact) mass is 295 g/mol. The second-order valence-electron chi connectivity index (χ2n) is 5.05. The Morgan fingerprint density at radius 3 is 2.62 bits per heavy atom. The summed E-state index contributed by atoms with van der Waals surface area (Å²) in [7, 11) is 0. The molecule has 7 heteroatoms. The second kappa shape index (κ2) is 7.97. The Hall–Kier alpha value is -1.63. The number of ether oxygens (including phenoxy) is 2. The summed E-state index contributed by atoms with van der Waals surface area (Å²) in [4.78, 5) is 15.4. The van der Waals surface area contributed by atoms with Crippen LogP contribution in [0.4, 0.5) is 11.9 Å². The van der Waals surface area contributed by atoms with Gasteiger partial charge in [-0.15, -0.1) is 0 Å². The lowest BCUT2D eigenvalue weighted by Gasteiger charge is -2.18. The van der Waals surface area contributed by atoms with Gasteiger partial charge in [-0.1, -0.05) is 0 Å². The van der Waals surface area contributed by atoms with E-state index < -0.39 is 0 Å². The van der Waals surface area contributed by atoms with E-state index in [1.807, 2.05) is 20.8 Å². The van der Waals surface area contributed by atoms with Crippen LogP contribution in [0.5, 0.6) is 6.01 Å². The van der Waals surface area contributed by atoms with Crippen molar-refractivity contribution in [3.8, 4) is 6.01 Å². The maximum Gasteiger partial charge on any atom is 0.323 e. The van der Waals surface area contributed by atoms with Gasteiger partial charge in [0, 0.05) is 26.2 Å². The normalized spacial score (nSPS) is 16.0. The Morgan fingerprint density at radius 2 is 1.95 bits per heavy atom. The van der Waals surface area contributed by atoms with Gasteiger partial charge in [0.1, 0.15) is 6.10 Å². The average Bonchev–Trinajstić information content (AvgIpc) is 2.99. The molecule has 0 amide bonds. The molecule has 1 saturated heterocycles. The van der Waals surface area contributed by atoms with E-state index >= 15 is 0 Å². The minimum Gasteiger partial charge on any atom is -0.458 e. The van der Waals surface area contributed by atoms with E-state index in [1.54, 1.807) is 0 Å². The van der Waals surface area contributed by atoms with Gasteiger partial charge < -0.3 is 19.7 Å². The molecule has 7 nitrogen and oxygen atoms in total. The molecule has 1 aliphatic rings. The van der Waals surface area contributed by atoms with Gasteiger partial charge in [-0.05, 0) is 33.6 Å². The molecule has 1 aromatic heterocycles. The highest BCUT2D eigenvalue weighted by Crippen LogP contribution is 2.20. The van der Waals surface area contributed by atoms with Gasteiger partial charge in [-0.2, -0.15) is 15.0 Å². The number of anilines is 2. The highest BCUT2D eigenvalue weighted by molar-refractivity contribution is 5.39. The van der Waals surface area contributed by atoms with Crippen molar-refractivity contribution in [2.45, 2.75) is 39.7 Å². The van der Waals surface area contributed by atoms with Crippen molar-refractivity contribution in [3.05, 3.63) is 0 Å². The van der Waals surface area contributed by atoms with E-state index in [0.717, 1.165) is 19.6 Å². The summed E-state index contributed by atoms with van der Waals surface area (Å²) in [5, 5.41) is 3.13. The van der Waals surface area contributed by atoms with Crippen LogP contribution >= 0.6 is 0 Å². The number of nitrogens with zero attached hydrogens (tertiary/aromatic N) is 4. The first-order valence-corrected chi connectivity index (χ1v) is 7.72. The fourth-order valence-electron chi connectivity index (χ4n) is 2.19. The van der Waals surface area contributed by atoms with Gasteiger partial charge >= 0.3 is 6.01 Å². The third-order valence-electron chi connectivity index (χ3n) is 3.19. The molecule has 1 atom stereocenters. The zero-order valence-electron chi connectivity index (χ0n) is 13.1. The molecule has 21 heavy (non-hydrogen) atoms. The predicted octanol–water partition coefficient (Wildman–Crippen LogP) is 1.71. The summed E-state index contributed by atoms with van der Waals surface area (Å²) >= 11 is 0. The van der Waals surface area contributed by atoms with Gasteiger partial charge in [0.15, 0.2) is 0 Å². The van der Waals surface area contributed by atoms with E-state index in [0.29, 0.717) is 31.1 Å². The maximum absolute atomic E-state index is 5.75. The zero-order chi connectivity index (χ0) is 15.1. The minimum absolute atomic E-state index is 0.0896. The summed E-state index contributed by atoms with van der Waals surface area (Å²) in [6, 6.07) is 0.357. The molecule has 0 saturated carbocycles. The number of hydrogen-bond acceptors (Lipinski definition) is 7. The summed E-state index contributed by atoms with van der Waals surface area (Å²) < 4.78 is 11.1. The summed E-state index contributed by atoms with van der Waals surface area (Å²) in [6.07, 6.45) is 2.27. The first-order chi connectivity index (χ1) is 10.2. The van der Waals surface area contributed by atoms with Crippen LogP contribution in [0.1, 0.15) is 33.6 Å². The van der Waals surface area contributed by atoms with Crippen LogP contribution in [-0.2, 0) is 4.74 Å². The number of hydrogen-bond donors (Lipinski definition) is 1. The first-order valence-electron chi connectivity index (χ1n) is 7.72. The Labute approximate surface area is 126 Å². The molecule has 0 aliphatic carbocycles. The van der Waals surface area contributed by atoms with Crippen LogP contribution in [0.3, 0.4) is 0 Å². The van der Waals surface area contributed by atoms with Crippen molar-refractivity contribution in [1.29, 1.82) is 0 Å². The maximum atomic E-state index is 5.75. The van der Waals surface area contributed by atoms with Crippen molar-refractivity contribution in [3.63, 3.8) is 0 Å². The highest BCUT2D eigenvalue weighted by Gasteiger charge is 2.18. The van der Waals surface area contributed by atoms with Gasteiger partial charge in [0.05, 0.1) is 6.61 Å². The van der Waals surface area contributed by atoms with E-state index in [1.165, 1.54) is 12.8 Å². The molecule has 0 radical (unpaired) electrons. The lowest BCUT2D eigenvalue weighted by molar-refractivity contribution is 0.0607. The van der Waals surface area contributed by atoms with Gasteiger partial charge in [-0.25, -0.2) is 0 Å². The van der Waals surface area contributed by atoms with E-state index in [2.05, 4.69) is 25.2 Å². The van der Waals surface area contributed by atoms with Crippen LogP contribution < -0.4 is 15.0 Å². The molecule has 1 fully saturated rings. The molecule has 1 aromatic rings. The van der Waals surface area contributed by atoms with Crippen LogP contribution in [0.25, 0.3) is 0 Å². The second-order valence-corrected chi connectivity index (χ2v) is 5.05. The minimum atomic E-state index is -0.0896. The fraction of sp³-hybridized carbons (Fsp3) is 0.786. The third-order valence-corrected chi connectivity index (χ3v) is 3.19. The molecule has 0 aromatic carbocycles. The number of nitrogens with one attached hydrogen (secondary N) is 1.